The van der Waals surface area contributed by atoms with E-state index in [1.807, 2.05) is 18.1 Å². The Morgan fingerprint density at radius 3 is 2.48 bits per heavy atom. The van der Waals surface area contributed by atoms with Crippen LogP contribution in [-0.4, -0.2) is 78.8 Å². The van der Waals surface area contributed by atoms with Crippen LogP contribution in [-0.2, 0) is 18.3 Å². The zero-order valence-corrected chi connectivity index (χ0v) is 21.4. The summed E-state index contributed by atoms with van der Waals surface area (Å²) in [4.78, 5) is 23.1. The molecular weight excluding hydrogens is 505 g/mol. The molecule has 9 heteroatoms. The summed E-state index contributed by atoms with van der Waals surface area (Å²) in [5, 5.41) is 7.64. The number of anilines is 1. The van der Waals surface area contributed by atoms with Gasteiger partial charge in [-0.15, -0.1) is 24.0 Å². The number of halogens is 1. The number of guanidine groups is 1. The van der Waals surface area contributed by atoms with Crippen LogP contribution < -0.4 is 10.2 Å². The number of aryl methyl sites for hydroxylation is 2. The van der Waals surface area contributed by atoms with Gasteiger partial charge in [-0.1, -0.05) is 31.2 Å². The number of carbonyl (C=O) groups excluding carboxylic acids is 1. The van der Waals surface area contributed by atoms with E-state index < -0.39 is 0 Å². The molecule has 3 rings (SSSR count). The van der Waals surface area contributed by atoms with Gasteiger partial charge in [0.15, 0.2) is 5.96 Å². The summed E-state index contributed by atoms with van der Waals surface area (Å²) < 4.78 is 1.71. The number of rotatable bonds is 6. The highest BCUT2D eigenvalue weighted by molar-refractivity contribution is 14.0. The van der Waals surface area contributed by atoms with Gasteiger partial charge < -0.3 is 20.0 Å². The number of carbonyl (C=O) groups is 1. The van der Waals surface area contributed by atoms with Crippen LogP contribution in [0.25, 0.3) is 0 Å². The lowest BCUT2D eigenvalue weighted by Gasteiger charge is -2.36. The summed E-state index contributed by atoms with van der Waals surface area (Å²) in [5.74, 6) is 0.808. The molecule has 0 aliphatic carbocycles. The second kappa shape index (κ2) is 11.5. The van der Waals surface area contributed by atoms with Crippen molar-refractivity contribution < 1.29 is 4.79 Å². The molecular formula is C22H34IN7O. The van der Waals surface area contributed by atoms with E-state index in [2.05, 4.69) is 65.6 Å². The Kier molecular flexibility index (Phi) is 9.30. The van der Waals surface area contributed by atoms with Crippen LogP contribution in [0.3, 0.4) is 0 Å². The lowest BCUT2D eigenvalue weighted by Crippen LogP contribution is -2.56. The van der Waals surface area contributed by atoms with Gasteiger partial charge in [0, 0.05) is 39.9 Å². The molecule has 0 radical (unpaired) electrons. The average Bonchev–Trinajstić information content (AvgIpc) is 3.17. The predicted octanol–water partition coefficient (Wildman–Crippen LogP) is 2.13. The maximum atomic E-state index is 12.7. The number of hydrogen-bond acceptors (Lipinski definition) is 4. The minimum absolute atomic E-state index is 0. The highest BCUT2D eigenvalue weighted by atomic mass is 127. The maximum absolute atomic E-state index is 12.7. The summed E-state index contributed by atoms with van der Waals surface area (Å²) in [6.45, 7) is 4.51. The molecule has 2 heterocycles. The Hall–Kier alpha value is -2.14. The summed E-state index contributed by atoms with van der Waals surface area (Å²) in [6.07, 6.45) is 4.63. The fraction of sp³-hybridized carbons (Fsp3) is 0.500. The van der Waals surface area contributed by atoms with Gasteiger partial charge in [-0.05, 0) is 31.6 Å². The Balaban J connectivity index is 0.00000341. The van der Waals surface area contributed by atoms with E-state index in [1.165, 1.54) is 11.1 Å². The second-order valence-corrected chi connectivity index (χ2v) is 7.84. The third kappa shape index (κ3) is 6.19. The molecule has 2 aromatic rings. The smallest absolute Gasteiger partial charge is 0.246 e. The predicted molar refractivity (Wildman–Crippen MR) is 136 cm³/mol. The first-order chi connectivity index (χ1) is 14.4. The zero-order valence-electron chi connectivity index (χ0n) is 19.1. The molecule has 0 spiro atoms. The van der Waals surface area contributed by atoms with E-state index in [0.29, 0.717) is 19.6 Å². The van der Waals surface area contributed by atoms with E-state index in [1.54, 1.807) is 22.8 Å². The third-order valence-electron chi connectivity index (χ3n) is 5.58. The summed E-state index contributed by atoms with van der Waals surface area (Å²) in [7, 11) is 7.78. The number of likely N-dealkylation sites (N-methyl/N-ethyl adjacent to an activating group) is 1. The van der Waals surface area contributed by atoms with Crippen LogP contribution in [0, 0.1) is 0 Å². The number of aliphatic imine (C=N–C) groups is 1. The standard InChI is InChI=1S/C22H33N7O.HI/c1-6-17-7-9-18(10-8-17)20(26(3)4)14-24-22(23-2)28-11-12-29(21(30)16-28)19-13-25-27(5)15-19;/h7-10,13,15,20H,6,11-12,14,16H2,1-5H3,(H,23,24);1H. The van der Waals surface area contributed by atoms with Gasteiger partial charge in [0.25, 0.3) is 0 Å². The molecule has 1 aromatic carbocycles. The van der Waals surface area contributed by atoms with E-state index >= 15 is 0 Å². The van der Waals surface area contributed by atoms with Gasteiger partial charge in [-0.2, -0.15) is 5.10 Å². The van der Waals surface area contributed by atoms with Crippen LogP contribution >= 0.6 is 24.0 Å². The van der Waals surface area contributed by atoms with Crippen molar-refractivity contribution in [1.82, 2.24) is 24.9 Å². The SMILES string of the molecule is CCc1ccc(C(CNC(=NC)N2CCN(c3cnn(C)c3)C(=O)C2)N(C)C)cc1.I. The first-order valence-electron chi connectivity index (χ1n) is 10.4. The van der Waals surface area contributed by atoms with Crippen molar-refractivity contribution in [1.29, 1.82) is 0 Å². The average molecular weight is 539 g/mol. The first kappa shape index (κ1) is 25.1. The van der Waals surface area contributed by atoms with Crippen LogP contribution in [0.2, 0.25) is 0 Å². The van der Waals surface area contributed by atoms with Gasteiger partial charge >= 0.3 is 0 Å². The fourth-order valence-corrected chi connectivity index (χ4v) is 3.77. The molecule has 1 unspecified atom stereocenters. The number of hydrogen-bond donors (Lipinski definition) is 1. The molecule has 1 aromatic heterocycles. The third-order valence-corrected chi connectivity index (χ3v) is 5.58. The molecule has 1 aliphatic heterocycles. The summed E-state index contributed by atoms with van der Waals surface area (Å²) in [5.41, 5.74) is 3.44. The largest absolute Gasteiger partial charge is 0.354 e. The van der Waals surface area contributed by atoms with Crippen LogP contribution in [0.1, 0.15) is 24.1 Å². The van der Waals surface area contributed by atoms with Gasteiger partial charge in [0.05, 0.1) is 17.9 Å². The van der Waals surface area contributed by atoms with Crippen LogP contribution in [0.15, 0.2) is 41.7 Å². The molecule has 1 atom stereocenters. The van der Waals surface area contributed by atoms with Gasteiger partial charge in [-0.3, -0.25) is 14.5 Å². The highest BCUT2D eigenvalue weighted by Gasteiger charge is 2.28. The number of nitrogens with one attached hydrogen (secondary N) is 1. The van der Waals surface area contributed by atoms with Crippen molar-refractivity contribution in [2.45, 2.75) is 19.4 Å². The van der Waals surface area contributed by atoms with Gasteiger partial charge in [-0.25, -0.2) is 0 Å². The molecule has 8 nitrogen and oxygen atoms in total. The topological polar surface area (TPSA) is 69.0 Å². The molecule has 1 aliphatic rings. The summed E-state index contributed by atoms with van der Waals surface area (Å²) in [6, 6.07) is 8.99. The monoisotopic (exact) mass is 539 g/mol. The minimum Gasteiger partial charge on any atom is -0.354 e. The Labute approximate surface area is 202 Å². The van der Waals surface area contributed by atoms with Crippen LogP contribution in [0.5, 0.6) is 0 Å². The maximum Gasteiger partial charge on any atom is 0.246 e. The van der Waals surface area contributed by atoms with E-state index in [4.69, 9.17) is 0 Å². The van der Waals surface area contributed by atoms with Gasteiger partial charge in [0.2, 0.25) is 5.91 Å². The Morgan fingerprint density at radius 2 is 1.97 bits per heavy atom. The molecule has 1 N–H and O–H groups in total. The van der Waals surface area contributed by atoms with Crippen molar-refractivity contribution >= 4 is 41.5 Å². The summed E-state index contributed by atoms with van der Waals surface area (Å²) >= 11 is 0. The van der Waals surface area contributed by atoms with E-state index in [9.17, 15) is 4.79 Å². The Morgan fingerprint density at radius 1 is 1.26 bits per heavy atom. The first-order valence-corrected chi connectivity index (χ1v) is 10.4. The lowest BCUT2D eigenvalue weighted by molar-refractivity contribution is -0.120. The van der Waals surface area contributed by atoms with Crippen molar-refractivity contribution in [2.24, 2.45) is 12.0 Å². The second-order valence-electron chi connectivity index (χ2n) is 7.84. The highest BCUT2D eigenvalue weighted by Crippen LogP contribution is 2.19. The van der Waals surface area contributed by atoms with E-state index in [-0.39, 0.29) is 35.9 Å². The van der Waals surface area contributed by atoms with Crippen LogP contribution in [0.4, 0.5) is 5.69 Å². The number of benzene rings is 1. The minimum atomic E-state index is 0. The quantitative estimate of drug-likeness (QED) is 0.346. The molecule has 1 saturated heterocycles. The molecule has 1 amide bonds. The molecule has 0 bridgehead atoms. The number of amides is 1. The Bertz CT molecular complexity index is 878. The fourth-order valence-electron chi connectivity index (χ4n) is 3.77. The van der Waals surface area contributed by atoms with Crippen molar-refractivity contribution in [2.75, 3.05) is 52.2 Å². The van der Waals surface area contributed by atoms with Crippen molar-refractivity contribution in [3.63, 3.8) is 0 Å². The molecule has 31 heavy (non-hydrogen) atoms. The molecule has 1 fully saturated rings. The van der Waals surface area contributed by atoms with E-state index in [0.717, 1.165) is 24.6 Å². The molecule has 0 saturated carbocycles. The number of piperazine rings is 1. The van der Waals surface area contributed by atoms with Crippen molar-refractivity contribution in [3.05, 3.63) is 47.8 Å². The van der Waals surface area contributed by atoms with Crippen molar-refractivity contribution in [3.8, 4) is 0 Å². The lowest BCUT2D eigenvalue weighted by atomic mass is 10.0. The normalized spacial score (nSPS) is 15.8. The number of aromatic nitrogens is 2. The zero-order chi connectivity index (χ0) is 21.7. The van der Waals surface area contributed by atoms with Gasteiger partial charge in [0.1, 0.15) is 6.54 Å². The molecule has 170 valence electrons. The number of nitrogens with zero attached hydrogens (tertiary/aromatic N) is 6.